The van der Waals surface area contributed by atoms with Crippen LogP contribution in [0.3, 0.4) is 0 Å². The molecule has 0 bridgehead atoms. The number of hydrogen-bond donors (Lipinski definition) is 1. The minimum absolute atomic E-state index is 0.0138. The van der Waals surface area contributed by atoms with Crippen molar-refractivity contribution >= 4 is 11.6 Å². The second kappa shape index (κ2) is 6.89. The molecule has 3 atom stereocenters. The maximum atomic E-state index is 13.8. The predicted octanol–water partition coefficient (Wildman–Crippen LogP) is 3.95. The van der Waals surface area contributed by atoms with Crippen LogP contribution in [0.1, 0.15) is 35.6 Å². The second-order valence-corrected chi connectivity index (χ2v) is 8.29. The molecule has 5 heteroatoms. The maximum absolute atomic E-state index is 13.8. The van der Waals surface area contributed by atoms with E-state index in [2.05, 4.69) is 16.3 Å². The number of nitrogens with zero attached hydrogens (tertiary/aromatic N) is 1. The summed E-state index contributed by atoms with van der Waals surface area (Å²) in [5.74, 6) is 0.361. The average Bonchev–Trinajstić information content (AvgIpc) is 3.05. The van der Waals surface area contributed by atoms with Crippen molar-refractivity contribution in [2.75, 3.05) is 25.5 Å². The van der Waals surface area contributed by atoms with E-state index in [9.17, 15) is 9.18 Å². The Morgan fingerprint density at radius 1 is 1.21 bits per heavy atom. The lowest BCUT2D eigenvalue weighted by Crippen LogP contribution is -2.35. The quantitative estimate of drug-likeness (QED) is 0.858. The highest BCUT2D eigenvalue weighted by Crippen LogP contribution is 2.47. The normalized spacial score (nSPS) is 26.0. The minimum Gasteiger partial charge on any atom is -0.493 e. The molecule has 0 radical (unpaired) electrons. The van der Waals surface area contributed by atoms with Gasteiger partial charge in [-0.2, -0.15) is 0 Å². The summed E-state index contributed by atoms with van der Waals surface area (Å²) in [5.41, 5.74) is 4.45. The Morgan fingerprint density at radius 3 is 2.96 bits per heavy atom. The number of fused-ring (bicyclic) bond motifs is 4. The highest BCUT2D eigenvalue weighted by molar-refractivity contribution is 5.94. The Morgan fingerprint density at radius 2 is 2.07 bits per heavy atom. The summed E-state index contributed by atoms with van der Waals surface area (Å²) in [6.07, 6.45) is 4.51. The van der Waals surface area contributed by atoms with Gasteiger partial charge in [0, 0.05) is 29.8 Å². The minimum atomic E-state index is -0.264. The Bertz CT molecular complexity index is 929. The van der Waals surface area contributed by atoms with Crippen LogP contribution >= 0.6 is 0 Å². The van der Waals surface area contributed by atoms with Crippen molar-refractivity contribution in [1.29, 1.82) is 0 Å². The Hall–Kier alpha value is -2.40. The highest BCUT2D eigenvalue weighted by Gasteiger charge is 2.47. The first-order valence-corrected chi connectivity index (χ1v) is 10.2. The van der Waals surface area contributed by atoms with Crippen molar-refractivity contribution in [3.8, 4) is 5.75 Å². The van der Waals surface area contributed by atoms with Crippen LogP contribution in [0.15, 0.2) is 36.4 Å². The molecule has 1 fully saturated rings. The number of amides is 1. The maximum Gasteiger partial charge on any atom is 0.229 e. The monoisotopic (exact) mass is 380 g/mol. The molecule has 0 saturated carbocycles. The molecule has 2 heterocycles. The number of carbonyl (C=O) groups is 1. The van der Waals surface area contributed by atoms with Gasteiger partial charge in [-0.25, -0.2) is 4.39 Å². The summed E-state index contributed by atoms with van der Waals surface area (Å²) in [5, 5.41) is 3.21. The number of carbonyl (C=O) groups excluding carboxylic acids is 1. The molecular formula is C23H25FN2O2. The fraction of sp³-hybridized carbons (Fsp3) is 0.435. The fourth-order valence-electron chi connectivity index (χ4n) is 5.25. The number of rotatable bonds is 2. The van der Waals surface area contributed by atoms with Crippen LogP contribution in [0.25, 0.3) is 0 Å². The summed E-state index contributed by atoms with van der Waals surface area (Å²) >= 11 is 0. The zero-order valence-electron chi connectivity index (χ0n) is 16.1. The summed E-state index contributed by atoms with van der Waals surface area (Å²) in [4.78, 5) is 15.4. The first kappa shape index (κ1) is 17.7. The van der Waals surface area contributed by atoms with E-state index in [0.717, 1.165) is 29.8 Å². The van der Waals surface area contributed by atoms with Crippen LogP contribution in [0.2, 0.25) is 0 Å². The van der Waals surface area contributed by atoms with Crippen molar-refractivity contribution in [2.45, 2.75) is 31.7 Å². The molecule has 1 saturated heterocycles. The molecule has 2 aliphatic heterocycles. The number of benzene rings is 2. The van der Waals surface area contributed by atoms with Gasteiger partial charge in [-0.05, 0) is 68.1 Å². The van der Waals surface area contributed by atoms with Gasteiger partial charge in [-0.3, -0.25) is 9.69 Å². The molecule has 2 aromatic rings. The van der Waals surface area contributed by atoms with Crippen LogP contribution in [-0.2, 0) is 17.6 Å². The van der Waals surface area contributed by atoms with Gasteiger partial charge >= 0.3 is 0 Å². The second-order valence-electron chi connectivity index (χ2n) is 8.29. The van der Waals surface area contributed by atoms with E-state index in [4.69, 9.17) is 4.74 Å². The van der Waals surface area contributed by atoms with Gasteiger partial charge < -0.3 is 10.1 Å². The highest BCUT2D eigenvalue weighted by atomic mass is 19.1. The molecule has 1 aliphatic carbocycles. The Kier molecular flexibility index (Phi) is 4.35. The van der Waals surface area contributed by atoms with Crippen molar-refractivity contribution in [2.24, 2.45) is 11.8 Å². The number of hydrogen-bond acceptors (Lipinski definition) is 3. The molecule has 0 unspecified atom stereocenters. The topological polar surface area (TPSA) is 41.6 Å². The van der Waals surface area contributed by atoms with Crippen molar-refractivity contribution < 1.29 is 13.9 Å². The molecule has 0 spiro atoms. The van der Waals surface area contributed by atoms with Crippen LogP contribution in [0, 0.1) is 17.7 Å². The van der Waals surface area contributed by atoms with E-state index in [0.29, 0.717) is 13.2 Å². The lowest BCUT2D eigenvalue weighted by Gasteiger charge is -2.33. The molecule has 1 amide bonds. The first-order valence-electron chi connectivity index (χ1n) is 10.2. The molecule has 2 aromatic carbocycles. The third kappa shape index (κ3) is 2.89. The van der Waals surface area contributed by atoms with Crippen molar-refractivity contribution in [1.82, 2.24) is 4.90 Å². The smallest absolute Gasteiger partial charge is 0.229 e. The third-order valence-corrected chi connectivity index (χ3v) is 6.59. The lowest BCUT2D eigenvalue weighted by atomic mass is 9.84. The summed E-state index contributed by atoms with van der Waals surface area (Å²) in [7, 11) is 2.01. The van der Waals surface area contributed by atoms with Gasteiger partial charge in [0.15, 0.2) is 0 Å². The number of nitrogens with one attached hydrogen (secondary N) is 1. The molecule has 0 aromatic heterocycles. The molecule has 1 N–H and O–H groups in total. The number of likely N-dealkylation sites (tertiary alicyclic amines) is 1. The number of anilines is 1. The molecule has 146 valence electrons. The van der Waals surface area contributed by atoms with Crippen molar-refractivity contribution in [3.63, 3.8) is 0 Å². The fourth-order valence-corrected chi connectivity index (χ4v) is 5.25. The molecule has 28 heavy (non-hydrogen) atoms. The van der Waals surface area contributed by atoms with E-state index in [1.165, 1.54) is 30.0 Å². The lowest BCUT2D eigenvalue weighted by molar-refractivity contribution is -0.121. The number of ether oxygens (including phenoxy) is 1. The van der Waals surface area contributed by atoms with E-state index < -0.39 is 0 Å². The molecular weight excluding hydrogens is 355 g/mol. The van der Waals surface area contributed by atoms with Gasteiger partial charge in [0.25, 0.3) is 0 Å². The zero-order chi connectivity index (χ0) is 19.3. The van der Waals surface area contributed by atoms with E-state index in [1.807, 2.05) is 19.2 Å². The van der Waals surface area contributed by atoms with E-state index in [1.54, 1.807) is 12.1 Å². The molecule has 5 rings (SSSR count). The summed E-state index contributed by atoms with van der Waals surface area (Å²) < 4.78 is 19.7. The van der Waals surface area contributed by atoms with E-state index in [-0.39, 0.29) is 29.6 Å². The van der Waals surface area contributed by atoms with Crippen molar-refractivity contribution in [3.05, 3.63) is 58.9 Å². The standard InChI is InChI=1S/C23H25FN2O2/c1-26-12-18(19-13-28-21-10-9-15(24)11-17(21)22(19)26)23(27)25-20-8-4-6-14-5-2-3-7-16(14)20/h4,6,8-11,18-19,22H,2-3,5,7,12-13H2,1H3,(H,25,27)/t18-,19+,22+/m1/s1. The Labute approximate surface area is 164 Å². The van der Waals surface area contributed by atoms with Crippen LogP contribution in [0.4, 0.5) is 10.1 Å². The SMILES string of the molecule is CN1C[C@@H](C(=O)Nc2cccc3c2CCCC3)[C@@H]2COc3ccc(F)cc3[C@@H]21. The van der Waals surface area contributed by atoms with Gasteiger partial charge in [0.05, 0.1) is 12.5 Å². The number of halogens is 1. The molecule has 3 aliphatic rings. The average molecular weight is 380 g/mol. The van der Waals surface area contributed by atoms with Gasteiger partial charge in [0.1, 0.15) is 11.6 Å². The molecule has 4 nitrogen and oxygen atoms in total. The van der Waals surface area contributed by atoms with Crippen LogP contribution < -0.4 is 10.1 Å². The first-order chi connectivity index (χ1) is 13.6. The van der Waals surface area contributed by atoms with E-state index >= 15 is 0 Å². The Balaban J connectivity index is 1.40. The third-order valence-electron chi connectivity index (χ3n) is 6.59. The summed E-state index contributed by atoms with van der Waals surface area (Å²) in [6, 6.07) is 10.9. The number of aryl methyl sites for hydroxylation is 1. The van der Waals surface area contributed by atoms with Crippen LogP contribution in [-0.4, -0.2) is 31.0 Å². The summed E-state index contributed by atoms with van der Waals surface area (Å²) in [6.45, 7) is 1.13. The van der Waals surface area contributed by atoms with Crippen LogP contribution in [0.5, 0.6) is 5.75 Å². The zero-order valence-corrected chi connectivity index (χ0v) is 16.1. The van der Waals surface area contributed by atoms with Gasteiger partial charge in [0.2, 0.25) is 5.91 Å². The van der Waals surface area contributed by atoms with Gasteiger partial charge in [-0.15, -0.1) is 0 Å². The van der Waals surface area contributed by atoms with Gasteiger partial charge in [-0.1, -0.05) is 12.1 Å². The predicted molar refractivity (Wildman–Crippen MR) is 106 cm³/mol. The largest absolute Gasteiger partial charge is 0.493 e.